The van der Waals surface area contributed by atoms with Crippen LogP contribution in [-0.2, 0) is 5.41 Å². The second kappa shape index (κ2) is 12.0. The lowest BCUT2D eigenvalue weighted by molar-refractivity contribution is 0.660. The summed E-state index contributed by atoms with van der Waals surface area (Å²) in [4.78, 5) is 0. The molecule has 0 heterocycles. The molecule has 0 bridgehead atoms. The van der Waals surface area contributed by atoms with Crippen molar-refractivity contribution in [2.45, 2.75) is 19.3 Å². The fourth-order valence-corrected chi connectivity index (χ4v) is 10.2. The molecule has 0 fully saturated rings. The molecular formula is C57H38. The van der Waals surface area contributed by atoms with Gasteiger partial charge in [-0.1, -0.05) is 178 Å². The first-order valence-corrected chi connectivity index (χ1v) is 20.1. The van der Waals surface area contributed by atoms with Gasteiger partial charge in [-0.25, -0.2) is 0 Å². The molecule has 11 aromatic carbocycles. The maximum absolute atomic E-state index is 2.45. The number of rotatable bonds is 3. The Balaban J connectivity index is 1.03. The van der Waals surface area contributed by atoms with E-state index < -0.39 is 0 Å². The lowest BCUT2D eigenvalue weighted by Crippen LogP contribution is -2.14. The summed E-state index contributed by atoms with van der Waals surface area (Å²) in [7, 11) is 0. The fraction of sp³-hybridized carbons (Fsp3) is 0.0526. The van der Waals surface area contributed by atoms with Gasteiger partial charge in [0.25, 0.3) is 0 Å². The maximum atomic E-state index is 2.45. The van der Waals surface area contributed by atoms with Crippen LogP contribution in [0.3, 0.4) is 0 Å². The highest BCUT2D eigenvalue weighted by Gasteiger charge is 2.35. The zero-order valence-electron chi connectivity index (χ0n) is 32.0. The molecule has 57 heavy (non-hydrogen) atoms. The molecule has 1 aliphatic rings. The monoisotopic (exact) mass is 722 g/mol. The molecule has 0 saturated carbocycles. The van der Waals surface area contributed by atoms with Crippen molar-refractivity contribution in [1.29, 1.82) is 0 Å². The Morgan fingerprint density at radius 2 is 0.684 bits per heavy atom. The van der Waals surface area contributed by atoms with Crippen molar-refractivity contribution in [2.24, 2.45) is 0 Å². The molecule has 0 unspecified atom stereocenters. The topological polar surface area (TPSA) is 0 Å². The average molecular weight is 723 g/mol. The summed E-state index contributed by atoms with van der Waals surface area (Å²) >= 11 is 0. The van der Waals surface area contributed by atoms with Crippen molar-refractivity contribution in [2.75, 3.05) is 0 Å². The van der Waals surface area contributed by atoms with Gasteiger partial charge in [0.1, 0.15) is 0 Å². The Morgan fingerprint density at radius 1 is 0.263 bits per heavy atom. The van der Waals surface area contributed by atoms with Crippen LogP contribution in [-0.4, -0.2) is 0 Å². The Morgan fingerprint density at radius 3 is 1.30 bits per heavy atom. The van der Waals surface area contributed by atoms with Crippen molar-refractivity contribution < 1.29 is 0 Å². The van der Waals surface area contributed by atoms with Crippen molar-refractivity contribution in [3.63, 3.8) is 0 Å². The predicted molar refractivity (Wildman–Crippen MR) is 245 cm³/mol. The molecule has 11 aromatic rings. The number of benzene rings is 11. The van der Waals surface area contributed by atoms with Crippen LogP contribution in [0.2, 0.25) is 0 Å². The molecule has 1 aliphatic carbocycles. The van der Waals surface area contributed by atoms with Crippen molar-refractivity contribution in [3.8, 4) is 44.5 Å². The van der Waals surface area contributed by atoms with E-state index in [0.29, 0.717) is 0 Å². The van der Waals surface area contributed by atoms with Gasteiger partial charge in [-0.15, -0.1) is 0 Å². The molecule has 266 valence electrons. The molecule has 0 aliphatic heterocycles. The van der Waals surface area contributed by atoms with Gasteiger partial charge in [-0.3, -0.25) is 0 Å². The average Bonchev–Trinajstić information content (AvgIpc) is 3.51. The number of hydrogen-bond acceptors (Lipinski definition) is 0. The third kappa shape index (κ3) is 4.74. The van der Waals surface area contributed by atoms with Gasteiger partial charge in [0, 0.05) is 5.41 Å². The molecule has 0 nitrogen and oxygen atoms in total. The van der Waals surface area contributed by atoms with Crippen LogP contribution in [0.5, 0.6) is 0 Å². The Bertz CT molecular complexity index is 3470. The first kappa shape index (κ1) is 32.2. The minimum Gasteiger partial charge on any atom is -0.0622 e. The van der Waals surface area contributed by atoms with E-state index in [0.717, 1.165) is 0 Å². The zero-order chi connectivity index (χ0) is 37.8. The van der Waals surface area contributed by atoms with Crippen LogP contribution in [0.4, 0.5) is 0 Å². The highest BCUT2D eigenvalue weighted by Crippen LogP contribution is 2.50. The van der Waals surface area contributed by atoms with Crippen LogP contribution in [0.25, 0.3) is 109 Å². The summed E-state index contributed by atoms with van der Waals surface area (Å²) in [6, 6.07) is 72.7. The van der Waals surface area contributed by atoms with Gasteiger partial charge < -0.3 is 0 Å². The van der Waals surface area contributed by atoms with E-state index in [1.54, 1.807) is 0 Å². The first-order chi connectivity index (χ1) is 28.0. The van der Waals surface area contributed by atoms with Crippen molar-refractivity contribution >= 4 is 64.6 Å². The van der Waals surface area contributed by atoms with E-state index in [1.165, 1.54) is 120 Å². The molecule has 0 saturated heterocycles. The molecule has 0 heteroatoms. The highest BCUT2D eigenvalue weighted by molar-refractivity contribution is 6.39. The third-order valence-electron chi connectivity index (χ3n) is 13.0. The molecular weight excluding hydrogens is 685 g/mol. The van der Waals surface area contributed by atoms with E-state index >= 15 is 0 Å². The van der Waals surface area contributed by atoms with Gasteiger partial charge in [-0.05, 0) is 151 Å². The molecule has 0 radical (unpaired) electrons. The van der Waals surface area contributed by atoms with Gasteiger partial charge in [0.05, 0.1) is 0 Å². The first-order valence-electron chi connectivity index (χ1n) is 20.1. The Labute approximate surface area is 332 Å². The third-order valence-corrected chi connectivity index (χ3v) is 13.0. The van der Waals surface area contributed by atoms with Crippen molar-refractivity contribution in [3.05, 3.63) is 205 Å². The standard InChI is InChI=1S/C57H38/c1-57(2)53-19-11-10-16-47(53)48-29-26-42(34-54(48)57)39-23-21-36-30-38(22-20-37(36)31-39)41-25-28-46-45-27-24-40(35-12-4-3-5-13-35)32-51(45)55-49-17-8-6-14-43(49)44-15-7-9-18-50(44)56(55)52(46)33-41/h3-34H,1-2H3. The summed E-state index contributed by atoms with van der Waals surface area (Å²) in [5.74, 6) is 0. The Hall–Kier alpha value is -7.02. The summed E-state index contributed by atoms with van der Waals surface area (Å²) in [6.07, 6.45) is 0. The highest BCUT2D eigenvalue weighted by atomic mass is 14.4. The van der Waals surface area contributed by atoms with Crippen LogP contribution in [0, 0.1) is 0 Å². The smallest absolute Gasteiger partial charge is 0.0159 e. The minimum atomic E-state index is -0.0182. The van der Waals surface area contributed by atoms with E-state index in [-0.39, 0.29) is 5.41 Å². The van der Waals surface area contributed by atoms with E-state index in [2.05, 4.69) is 208 Å². The van der Waals surface area contributed by atoms with Crippen LogP contribution in [0.15, 0.2) is 194 Å². The van der Waals surface area contributed by atoms with Crippen LogP contribution >= 0.6 is 0 Å². The lowest BCUT2D eigenvalue weighted by atomic mass is 9.81. The molecule has 0 atom stereocenters. The molecule has 0 amide bonds. The Kier molecular flexibility index (Phi) is 6.78. The quantitative estimate of drug-likeness (QED) is 0.159. The minimum absolute atomic E-state index is 0.0182. The lowest BCUT2D eigenvalue weighted by Gasteiger charge is -2.22. The predicted octanol–water partition coefficient (Wildman–Crippen LogP) is 15.9. The number of hydrogen-bond donors (Lipinski definition) is 0. The van der Waals surface area contributed by atoms with Crippen LogP contribution < -0.4 is 0 Å². The molecule has 0 aromatic heterocycles. The van der Waals surface area contributed by atoms with Gasteiger partial charge in [0.15, 0.2) is 0 Å². The second-order valence-electron chi connectivity index (χ2n) is 16.4. The fourth-order valence-electron chi connectivity index (χ4n) is 10.2. The molecule has 0 spiro atoms. The molecule has 0 N–H and O–H groups in total. The summed E-state index contributed by atoms with van der Waals surface area (Å²) < 4.78 is 0. The normalized spacial score (nSPS) is 13.2. The SMILES string of the molecule is CC1(C)c2ccccc2-c2ccc(-c3ccc4cc(-c5ccc6c7ccc(-c8ccccc8)cc7c7c8ccccc8c8ccccc8c7c6c5)ccc4c3)cc21. The molecule has 12 rings (SSSR count). The largest absolute Gasteiger partial charge is 0.0622 e. The summed E-state index contributed by atoms with van der Waals surface area (Å²) in [5.41, 5.74) is 13.0. The second-order valence-corrected chi connectivity index (χ2v) is 16.4. The van der Waals surface area contributed by atoms with E-state index in [4.69, 9.17) is 0 Å². The van der Waals surface area contributed by atoms with Crippen molar-refractivity contribution in [1.82, 2.24) is 0 Å². The van der Waals surface area contributed by atoms with Gasteiger partial charge >= 0.3 is 0 Å². The van der Waals surface area contributed by atoms with Gasteiger partial charge in [-0.2, -0.15) is 0 Å². The van der Waals surface area contributed by atoms with E-state index in [1.807, 2.05) is 0 Å². The summed E-state index contributed by atoms with van der Waals surface area (Å²) in [5, 5.41) is 15.5. The summed E-state index contributed by atoms with van der Waals surface area (Å²) in [6.45, 7) is 4.71. The van der Waals surface area contributed by atoms with Gasteiger partial charge in [0.2, 0.25) is 0 Å². The zero-order valence-corrected chi connectivity index (χ0v) is 32.0. The number of fused-ring (bicyclic) bond motifs is 15. The maximum Gasteiger partial charge on any atom is 0.0159 e. The van der Waals surface area contributed by atoms with Crippen LogP contribution in [0.1, 0.15) is 25.0 Å². The van der Waals surface area contributed by atoms with E-state index in [9.17, 15) is 0 Å².